The van der Waals surface area contributed by atoms with Gasteiger partial charge in [-0.3, -0.25) is 14.4 Å². The molecule has 0 saturated carbocycles. The fourth-order valence-electron chi connectivity index (χ4n) is 3.94. The van der Waals surface area contributed by atoms with E-state index in [0.29, 0.717) is 18.4 Å². The Morgan fingerprint density at radius 2 is 2.33 bits per heavy atom. The Morgan fingerprint density at radius 1 is 1.42 bits per heavy atom. The SMILES string of the molecule is Cn1cc(C2CCCN2CCC(=O)N2CCc3sccc3C2)cn1. The van der Waals surface area contributed by atoms with E-state index in [4.69, 9.17) is 0 Å². The van der Waals surface area contributed by atoms with Crippen molar-refractivity contribution in [2.45, 2.75) is 38.3 Å². The van der Waals surface area contributed by atoms with Crippen LogP contribution < -0.4 is 0 Å². The molecule has 128 valence electrons. The lowest BCUT2D eigenvalue weighted by molar-refractivity contribution is -0.132. The molecule has 1 amide bonds. The zero-order valence-electron chi connectivity index (χ0n) is 14.1. The largest absolute Gasteiger partial charge is 0.338 e. The summed E-state index contributed by atoms with van der Waals surface area (Å²) < 4.78 is 1.86. The van der Waals surface area contributed by atoms with Crippen molar-refractivity contribution in [1.82, 2.24) is 19.6 Å². The maximum Gasteiger partial charge on any atom is 0.224 e. The lowest BCUT2D eigenvalue weighted by Gasteiger charge is -2.29. The van der Waals surface area contributed by atoms with Crippen LogP contribution in [-0.4, -0.2) is 45.1 Å². The van der Waals surface area contributed by atoms with Crippen molar-refractivity contribution in [1.29, 1.82) is 0 Å². The highest BCUT2D eigenvalue weighted by atomic mass is 32.1. The first-order valence-electron chi connectivity index (χ1n) is 8.76. The molecule has 24 heavy (non-hydrogen) atoms. The van der Waals surface area contributed by atoms with Crippen molar-refractivity contribution in [3.8, 4) is 0 Å². The van der Waals surface area contributed by atoms with Gasteiger partial charge in [-0.05, 0) is 42.8 Å². The molecule has 1 saturated heterocycles. The molecule has 0 radical (unpaired) electrons. The van der Waals surface area contributed by atoms with E-state index in [1.807, 2.05) is 34.2 Å². The number of thiophene rings is 1. The molecule has 2 aliphatic rings. The van der Waals surface area contributed by atoms with Crippen molar-refractivity contribution in [3.63, 3.8) is 0 Å². The summed E-state index contributed by atoms with van der Waals surface area (Å²) in [5, 5.41) is 6.44. The van der Waals surface area contributed by atoms with Gasteiger partial charge in [0, 0.05) is 55.8 Å². The van der Waals surface area contributed by atoms with Crippen molar-refractivity contribution in [2.24, 2.45) is 7.05 Å². The molecule has 0 aromatic carbocycles. The number of amides is 1. The lowest BCUT2D eigenvalue weighted by atomic mass is 10.1. The summed E-state index contributed by atoms with van der Waals surface area (Å²) in [5.41, 5.74) is 2.62. The normalized spacial score (nSPS) is 21.2. The van der Waals surface area contributed by atoms with Crippen LogP contribution in [0.25, 0.3) is 0 Å². The first-order valence-corrected chi connectivity index (χ1v) is 9.64. The van der Waals surface area contributed by atoms with Gasteiger partial charge in [0.15, 0.2) is 0 Å². The maximum atomic E-state index is 12.6. The molecule has 4 heterocycles. The van der Waals surface area contributed by atoms with Crippen LogP contribution in [0.5, 0.6) is 0 Å². The highest BCUT2D eigenvalue weighted by Gasteiger charge is 2.28. The van der Waals surface area contributed by atoms with Crippen molar-refractivity contribution in [3.05, 3.63) is 39.8 Å². The van der Waals surface area contributed by atoms with E-state index < -0.39 is 0 Å². The minimum absolute atomic E-state index is 0.295. The Kier molecular flexibility index (Phi) is 4.41. The second-order valence-corrected chi connectivity index (χ2v) is 7.83. The van der Waals surface area contributed by atoms with Gasteiger partial charge in [-0.1, -0.05) is 0 Å². The number of aryl methyl sites for hydroxylation is 1. The molecular formula is C18H24N4OS. The Bertz CT molecular complexity index is 722. The number of carbonyl (C=O) groups excluding carboxylic acids is 1. The zero-order valence-corrected chi connectivity index (χ0v) is 15.0. The molecule has 4 rings (SSSR count). The fraction of sp³-hybridized carbons (Fsp3) is 0.556. The number of likely N-dealkylation sites (tertiary alicyclic amines) is 1. The van der Waals surface area contributed by atoms with Crippen LogP contribution in [-0.2, 0) is 24.8 Å². The molecule has 2 aromatic rings. The molecule has 1 atom stereocenters. The van der Waals surface area contributed by atoms with Crippen molar-refractivity contribution in [2.75, 3.05) is 19.6 Å². The summed E-state index contributed by atoms with van der Waals surface area (Å²) >= 11 is 1.82. The Balaban J connectivity index is 1.34. The van der Waals surface area contributed by atoms with E-state index in [1.165, 1.54) is 28.8 Å². The minimum atomic E-state index is 0.295. The maximum absolute atomic E-state index is 12.6. The summed E-state index contributed by atoms with van der Waals surface area (Å²) in [4.78, 5) is 18.6. The van der Waals surface area contributed by atoms with Crippen LogP contribution in [0.4, 0.5) is 0 Å². The first-order chi connectivity index (χ1) is 11.7. The lowest BCUT2D eigenvalue weighted by Crippen LogP contribution is -2.37. The van der Waals surface area contributed by atoms with Crippen molar-refractivity contribution < 1.29 is 4.79 Å². The third-order valence-electron chi connectivity index (χ3n) is 5.25. The molecule has 2 aliphatic heterocycles. The first kappa shape index (κ1) is 15.8. The number of hydrogen-bond acceptors (Lipinski definition) is 4. The average molecular weight is 344 g/mol. The third-order valence-corrected chi connectivity index (χ3v) is 6.27. The number of rotatable bonds is 4. The van der Waals surface area contributed by atoms with E-state index in [0.717, 1.165) is 32.6 Å². The van der Waals surface area contributed by atoms with Crippen LogP contribution >= 0.6 is 11.3 Å². The third kappa shape index (κ3) is 3.13. The van der Waals surface area contributed by atoms with Crippen LogP contribution in [0.2, 0.25) is 0 Å². The quantitative estimate of drug-likeness (QED) is 0.856. The van der Waals surface area contributed by atoms with E-state index in [1.54, 1.807) is 0 Å². The van der Waals surface area contributed by atoms with Gasteiger partial charge in [0.2, 0.25) is 5.91 Å². The summed E-state index contributed by atoms with van der Waals surface area (Å²) in [6, 6.07) is 2.59. The van der Waals surface area contributed by atoms with E-state index in [9.17, 15) is 4.79 Å². The van der Waals surface area contributed by atoms with Crippen LogP contribution in [0, 0.1) is 0 Å². The van der Waals surface area contributed by atoms with Crippen LogP contribution in [0.3, 0.4) is 0 Å². The summed E-state index contributed by atoms with van der Waals surface area (Å²) in [7, 11) is 1.96. The van der Waals surface area contributed by atoms with Gasteiger partial charge in [-0.2, -0.15) is 5.10 Å². The van der Waals surface area contributed by atoms with Gasteiger partial charge in [0.25, 0.3) is 0 Å². The van der Waals surface area contributed by atoms with Gasteiger partial charge >= 0.3 is 0 Å². The van der Waals surface area contributed by atoms with E-state index >= 15 is 0 Å². The van der Waals surface area contributed by atoms with Gasteiger partial charge < -0.3 is 4.90 Å². The Hall–Kier alpha value is -1.66. The number of hydrogen-bond donors (Lipinski definition) is 0. The zero-order chi connectivity index (χ0) is 16.5. The topological polar surface area (TPSA) is 41.4 Å². The van der Waals surface area contributed by atoms with Gasteiger partial charge in [-0.15, -0.1) is 11.3 Å². The standard InChI is InChI=1S/C18H24N4OS/c1-20-12-15(11-19-20)16-3-2-7-21(16)9-5-18(23)22-8-4-17-14(13-22)6-10-24-17/h6,10-12,16H,2-5,7-9,13H2,1H3. The molecule has 6 heteroatoms. The van der Waals surface area contributed by atoms with Crippen LogP contribution in [0.15, 0.2) is 23.8 Å². The minimum Gasteiger partial charge on any atom is -0.338 e. The number of carbonyl (C=O) groups is 1. The van der Waals surface area contributed by atoms with Crippen molar-refractivity contribution >= 4 is 17.2 Å². The molecule has 1 unspecified atom stereocenters. The van der Waals surface area contributed by atoms with Gasteiger partial charge in [0.05, 0.1) is 6.20 Å². The van der Waals surface area contributed by atoms with E-state index in [-0.39, 0.29) is 0 Å². The Labute approximate surface area is 146 Å². The summed E-state index contributed by atoms with van der Waals surface area (Å²) in [6.07, 6.45) is 8.08. The second kappa shape index (κ2) is 6.69. The molecule has 0 N–H and O–H groups in total. The number of aromatic nitrogens is 2. The number of fused-ring (bicyclic) bond motifs is 1. The van der Waals surface area contributed by atoms with Crippen LogP contribution in [0.1, 0.15) is 41.3 Å². The monoisotopic (exact) mass is 344 g/mol. The summed E-state index contributed by atoms with van der Waals surface area (Å²) in [5.74, 6) is 0.295. The molecule has 5 nitrogen and oxygen atoms in total. The number of nitrogens with zero attached hydrogens (tertiary/aromatic N) is 4. The predicted molar refractivity (Wildman–Crippen MR) is 94.8 cm³/mol. The summed E-state index contributed by atoms with van der Waals surface area (Å²) in [6.45, 7) is 3.61. The highest BCUT2D eigenvalue weighted by molar-refractivity contribution is 7.10. The predicted octanol–water partition coefficient (Wildman–Crippen LogP) is 2.59. The highest BCUT2D eigenvalue weighted by Crippen LogP contribution is 2.31. The molecule has 0 bridgehead atoms. The molecule has 0 aliphatic carbocycles. The van der Waals surface area contributed by atoms with Gasteiger partial charge in [0.1, 0.15) is 0 Å². The molecule has 0 spiro atoms. The average Bonchev–Trinajstić information content (AvgIpc) is 3.31. The smallest absolute Gasteiger partial charge is 0.224 e. The van der Waals surface area contributed by atoms with Gasteiger partial charge in [-0.25, -0.2) is 0 Å². The Morgan fingerprint density at radius 3 is 3.17 bits per heavy atom. The second-order valence-electron chi connectivity index (χ2n) is 6.83. The molecular weight excluding hydrogens is 320 g/mol. The molecule has 1 fully saturated rings. The fourth-order valence-corrected chi connectivity index (χ4v) is 4.83. The van der Waals surface area contributed by atoms with E-state index in [2.05, 4.69) is 27.6 Å². The molecule has 2 aromatic heterocycles.